The first-order valence-electron chi connectivity index (χ1n) is 4.04. The van der Waals surface area contributed by atoms with Gasteiger partial charge in [-0.2, -0.15) is 0 Å². The summed E-state index contributed by atoms with van der Waals surface area (Å²) in [6.07, 6.45) is 2.26. The van der Waals surface area contributed by atoms with Gasteiger partial charge in [0.1, 0.15) is 0 Å². The molecule has 1 heterocycles. The van der Waals surface area contributed by atoms with Crippen LogP contribution in [0.25, 0.3) is 0 Å². The summed E-state index contributed by atoms with van der Waals surface area (Å²) in [6.45, 7) is 4.28. The van der Waals surface area contributed by atoms with E-state index in [1.54, 1.807) is 11.3 Å². The minimum atomic E-state index is 0.263. The summed E-state index contributed by atoms with van der Waals surface area (Å²) in [5, 5.41) is 2.16. The predicted octanol–water partition coefficient (Wildman–Crippen LogP) is 2.86. The molecule has 2 heteroatoms. The maximum absolute atomic E-state index is 5.93. The van der Waals surface area contributed by atoms with Crippen LogP contribution in [0, 0.1) is 6.92 Å². The lowest BCUT2D eigenvalue weighted by Crippen LogP contribution is -2.07. The Labute approximate surface area is 72.2 Å². The number of aryl methyl sites for hydroxylation is 1. The molecule has 0 bridgehead atoms. The van der Waals surface area contributed by atoms with E-state index in [9.17, 15) is 0 Å². The molecule has 0 spiro atoms. The van der Waals surface area contributed by atoms with Crippen molar-refractivity contribution in [2.75, 3.05) is 0 Å². The van der Waals surface area contributed by atoms with E-state index in [1.807, 2.05) is 0 Å². The van der Waals surface area contributed by atoms with Crippen molar-refractivity contribution < 1.29 is 0 Å². The predicted molar refractivity (Wildman–Crippen MR) is 50.9 cm³/mol. The van der Waals surface area contributed by atoms with Gasteiger partial charge in [-0.15, -0.1) is 11.3 Å². The molecular weight excluding hydrogens is 154 g/mol. The second-order valence-corrected chi connectivity index (χ2v) is 3.86. The van der Waals surface area contributed by atoms with Crippen LogP contribution in [0.3, 0.4) is 0 Å². The lowest BCUT2D eigenvalue weighted by atomic mass is 10.1. The second kappa shape index (κ2) is 3.88. The third kappa shape index (κ3) is 2.31. The summed E-state index contributed by atoms with van der Waals surface area (Å²) < 4.78 is 0. The number of hydrogen-bond donors (Lipinski definition) is 1. The molecule has 1 atom stereocenters. The van der Waals surface area contributed by atoms with Crippen LogP contribution in [-0.2, 0) is 0 Å². The van der Waals surface area contributed by atoms with Crippen molar-refractivity contribution in [3.63, 3.8) is 0 Å². The monoisotopic (exact) mass is 169 g/mol. The van der Waals surface area contributed by atoms with E-state index >= 15 is 0 Å². The number of thiophene rings is 1. The number of nitrogens with two attached hydrogens (primary N) is 1. The van der Waals surface area contributed by atoms with Crippen molar-refractivity contribution in [1.82, 2.24) is 0 Å². The molecule has 1 aromatic rings. The highest BCUT2D eigenvalue weighted by molar-refractivity contribution is 7.10. The largest absolute Gasteiger partial charge is 0.323 e. The smallest absolute Gasteiger partial charge is 0.0389 e. The lowest BCUT2D eigenvalue weighted by Gasteiger charge is -2.05. The summed E-state index contributed by atoms with van der Waals surface area (Å²) in [6, 6.07) is 2.45. The van der Waals surface area contributed by atoms with Gasteiger partial charge in [-0.1, -0.05) is 13.3 Å². The highest BCUT2D eigenvalue weighted by atomic mass is 32.1. The molecule has 1 unspecified atom stereocenters. The van der Waals surface area contributed by atoms with Gasteiger partial charge in [0.05, 0.1) is 0 Å². The Morgan fingerprint density at radius 3 is 2.82 bits per heavy atom. The molecule has 0 aromatic carbocycles. The van der Waals surface area contributed by atoms with Crippen molar-refractivity contribution in [3.8, 4) is 0 Å². The molecule has 0 aliphatic rings. The molecule has 1 nitrogen and oxygen atoms in total. The van der Waals surface area contributed by atoms with Crippen LogP contribution >= 0.6 is 11.3 Å². The molecular formula is C9H15NS. The molecule has 62 valence electrons. The van der Waals surface area contributed by atoms with Crippen molar-refractivity contribution >= 4 is 11.3 Å². The molecule has 0 saturated heterocycles. The average Bonchev–Trinajstić information content (AvgIpc) is 2.36. The van der Waals surface area contributed by atoms with Gasteiger partial charge in [0.2, 0.25) is 0 Å². The lowest BCUT2D eigenvalue weighted by molar-refractivity contribution is 0.648. The standard InChI is InChI=1S/C9H15NS/c1-3-4-8(10)9-5-7(2)6-11-9/h5-6,8H,3-4,10H2,1-2H3. The Bertz CT molecular complexity index is 217. The first kappa shape index (κ1) is 8.75. The van der Waals surface area contributed by atoms with Gasteiger partial charge in [-0.3, -0.25) is 0 Å². The highest BCUT2D eigenvalue weighted by Crippen LogP contribution is 2.22. The van der Waals surface area contributed by atoms with E-state index in [1.165, 1.54) is 10.4 Å². The third-order valence-electron chi connectivity index (χ3n) is 1.72. The Morgan fingerprint density at radius 2 is 2.36 bits per heavy atom. The summed E-state index contributed by atoms with van der Waals surface area (Å²) in [7, 11) is 0. The maximum atomic E-state index is 5.93. The Hall–Kier alpha value is -0.340. The van der Waals surface area contributed by atoms with Crippen LogP contribution in [0.4, 0.5) is 0 Å². The molecule has 1 aromatic heterocycles. The van der Waals surface area contributed by atoms with Crippen molar-refractivity contribution in [2.24, 2.45) is 5.73 Å². The Morgan fingerprint density at radius 1 is 1.64 bits per heavy atom. The zero-order valence-corrected chi connectivity index (χ0v) is 7.95. The van der Waals surface area contributed by atoms with Gasteiger partial charge in [0.25, 0.3) is 0 Å². The van der Waals surface area contributed by atoms with Gasteiger partial charge < -0.3 is 5.73 Å². The van der Waals surface area contributed by atoms with Crippen LogP contribution in [0.2, 0.25) is 0 Å². The van der Waals surface area contributed by atoms with Crippen molar-refractivity contribution in [3.05, 3.63) is 21.9 Å². The van der Waals surface area contributed by atoms with E-state index in [-0.39, 0.29) is 6.04 Å². The van der Waals surface area contributed by atoms with Gasteiger partial charge in [-0.25, -0.2) is 0 Å². The molecule has 0 amide bonds. The summed E-state index contributed by atoms with van der Waals surface area (Å²) in [5.74, 6) is 0. The van der Waals surface area contributed by atoms with E-state index in [2.05, 4.69) is 25.3 Å². The quantitative estimate of drug-likeness (QED) is 0.739. The zero-order valence-electron chi connectivity index (χ0n) is 7.13. The van der Waals surface area contributed by atoms with E-state index in [0.29, 0.717) is 0 Å². The molecule has 0 radical (unpaired) electrons. The van der Waals surface area contributed by atoms with E-state index < -0.39 is 0 Å². The maximum Gasteiger partial charge on any atom is 0.0389 e. The molecule has 0 aliphatic heterocycles. The van der Waals surface area contributed by atoms with Crippen LogP contribution in [0.15, 0.2) is 11.4 Å². The van der Waals surface area contributed by atoms with Crippen LogP contribution in [0.1, 0.15) is 36.2 Å². The van der Waals surface area contributed by atoms with Crippen LogP contribution < -0.4 is 5.73 Å². The van der Waals surface area contributed by atoms with Gasteiger partial charge in [-0.05, 0) is 30.4 Å². The van der Waals surface area contributed by atoms with Gasteiger partial charge >= 0.3 is 0 Å². The fraction of sp³-hybridized carbons (Fsp3) is 0.556. The summed E-state index contributed by atoms with van der Waals surface area (Å²) >= 11 is 1.77. The summed E-state index contributed by atoms with van der Waals surface area (Å²) in [5.41, 5.74) is 7.26. The van der Waals surface area contributed by atoms with E-state index in [0.717, 1.165) is 12.8 Å². The average molecular weight is 169 g/mol. The molecule has 0 fully saturated rings. The first-order valence-corrected chi connectivity index (χ1v) is 4.92. The minimum absolute atomic E-state index is 0.263. The summed E-state index contributed by atoms with van der Waals surface area (Å²) in [4.78, 5) is 1.32. The fourth-order valence-electron chi connectivity index (χ4n) is 1.10. The van der Waals surface area contributed by atoms with Gasteiger partial charge in [0, 0.05) is 10.9 Å². The molecule has 11 heavy (non-hydrogen) atoms. The third-order valence-corrected chi connectivity index (χ3v) is 2.90. The second-order valence-electron chi connectivity index (χ2n) is 2.92. The fourth-order valence-corrected chi connectivity index (χ4v) is 2.04. The minimum Gasteiger partial charge on any atom is -0.323 e. The van der Waals surface area contributed by atoms with Gasteiger partial charge in [0.15, 0.2) is 0 Å². The molecule has 2 N–H and O–H groups in total. The molecule has 0 saturated carbocycles. The zero-order chi connectivity index (χ0) is 8.27. The topological polar surface area (TPSA) is 26.0 Å². The molecule has 1 rings (SSSR count). The Kier molecular flexibility index (Phi) is 3.09. The highest BCUT2D eigenvalue weighted by Gasteiger charge is 2.05. The molecule has 0 aliphatic carbocycles. The van der Waals surface area contributed by atoms with Crippen LogP contribution in [0.5, 0.6) is 0 Å². The number of rotatable bonds is 3. The van der Waals surface area contributed by atoms with Crippen molar-refractivity contribution in [1.29, 1.82) is 0 Å². The Balaban J connectivity index is 2.60. The van der Waals surface area contributed by atoms with Crippen molar-refractivity contribution in [2.45, 2.75) is 32.7 Å². The number of hydrogen-bond acceptors (Lipinski definition) is 2. The SMILES string of the molecule is CCCC(N)c1cc(C)cs1. The van der Waals surface area contributed by atoms with E-state index in [4.69, 9.17) is 5.73 Å². The normalized spacial score (nSPS) is 13.4. The first-order chi connectivity index (χ1) is 5.24. The van der Waals surface area contributed by atoms with Crippen LogP contribution in [-0.4, -0.2) is 0 Å².